The van der Waals surface area contributed by atoms with Crippen molar-refractivity contribution < 1.29 is 4.79 Å². The van der Waals surface area contributed by atoms with Crippen molar-refractivity contribution in [1.82, 2.24) is 0 Å². The number of amides is 1. The summed E-state index contributed by atoms with van der Waals surface area (Å²) in [5.41, 5.74) is 7.60. The van der Waals surface area contributed by atoms with Gasteiger partial charge in [0, 0.05) is 29.2 Å². The third-order valence-corrected chi connectivity index (χ3v) is 5.98. The molecule has 3 nitrogen and oxygen atoms in total. The molecular formula is C29H26N2O. The van der Waals surface area contributed by atoms with E-state index in [4.69, 9.17) is 0 Å². The van der Waals surface area contributed by atoms with Crippen molar-refractivity contribution in [2.45, 2.75) is 19.3 Å². The fourth-order valence-electron chi connectivity index (χ4n) is 4.30. The fraction of sp³-hybridized carbons (Fsp3) is 0.138. The Labute approximate surface area is 189 Å². The number of carbonyl (C=O) groups is 1. The van der Waals surface area contributed by atoms with Gasteiger partial charge in [0.25, 0.3) is 5.91 Å². The standard InChI is InChI=1S/C29H26N2O/c32-29(31-20-6-10-24-9-4-5-11-28(24)31)25-14-18-27(19-15-25)30-26-16-12-23(13-17-26)21-22-7-2-1-3-8-22/h1-5,7-9,11-19,30H,6,10,20-21H2. The SMILES string of the molecule is O=C(c1ccc(Nc2ccc(Cc3ccccc3)cc2)cc1)N1CCCc2ccccc21. The average molecular weight is 419 g/mol. The first kappa shape index (κ1) is 20.1. The summed E-state index contributed by atoms with van der Waals surface area (Å²) in [5.74, 6) is 0.0639. The maximum atomic E-state index is 13.1. The van der Waals surface area contributed by atoms with Crippen LogP contribution in [0.3, 0.4) is 0 Å². The monoisotopic (exact) mass is 418 g/mol. The largest absolute Gasteiger partial charge is 0.356 e. The smallest absolute Gasteiger partial charge is 0.258 e. The van der Waals surface area contributed by atoms with Crippen LogP contribution in [-0.2, 0) is 12.8 Å². The summed E-state index contributed by atoms with van der Waals surface area (Å²) in [6, 6.07) is 35.0. The zero-order valence-corrected chi connectivity index (χ0v) is 18.0. The Bertz CT molecular complexity index is 1200. The van der Waals surface area contributed by atoms with E-state index in [1.807, 2.05) is 53.4 Å². The molecule has 0 aliphatic carbocycles. The van der Waals surface area contributed by atoms with Crippen molar-refractivity contribution in [3.05, 3.63) is 125 Å². The molecule has 1 aliphatic heterocycles. The Kier molecular flexibility index (Phi) is 5.71. The van der Waals surface area contributed by atoms with Gasteiger partial charge in [0.15, 0.2) is 0 Å². The van der Waals surface area contributed by atoms with Crippen molar-refractivity contribution in [3.63, 3.8) is 0 Å². The van der Waals surface area contributed by atoms with Crippen LogP contribution in [0.25, 0.3) is 0 Å². The molecular weight excluding hydrogens is 392 g/mol. The van der Waals surface area contributed by atoms with E-state index in [2.05, 4.69) is 59.9 Å². The number of hydrogen-bond donors (Lipinski definition) is 1. The molecule has 1 heterocycles. The minimum absolute atomic E-state index is 0.0639. The number of nitrogens with zero attached hydrogens (tertiary/aromatic N) is 1. The Morgan fingerprint density at radius 1 is 0.719 bits per heavy atom. The van der Waals surface area contributed by atoms with Crippen LogP contribution in [0.5, 0.6) is 0 Å². The van der Waals surface area contributed by atoms with Gasteiger partial charge < -0.3 is 10.2 Å². The molecule has 1 aliphatic rings. The minimum Gasteiger partial charge on any atom is -0.356 e. The summed E-state index contributed by atoms with van der Waals surface area (Å²) in [6.45, 7) is 0.769. The third-order valence-electron chi connectivity index (χ3n) is 5.98. The van der Waals surface area contributed by atoms with Crippen LogP contribution in [0.1, 0.15) is 33.5 Å². The highest BCUT2D eigenvalue weighted by molar-refractivity contribution is 6.06. The molecule has 5 rings (SSSR count). The van der Waals surface area contributed by atoms with E-state index in [-0.39, 0.29) is 5.91 Å². The number of hydrogen-bond acceptors (Lipinski definition) is 2. The van der Waals surface area contributed by atoms with Crippen LogP contribution in [0.2, 0.25) is 0 Å². The van der Waals surface area contributed by atoms with Crippen LogP contribution in [-0.4, -0.2) is 12.5 Å². The zero-order chi connectivity index (χ0) is 21.8. The lowest BCUT2D eigenvalue weighted by atomic mass is 10.0. The number of anilines is 3. The van der Waals surface area contributed by atoms with Crippen molar-refractivity contribution in [1.29, 1.82) is 0 Å². The number of para-hydroxylation sites is 1. The lowest BCUT2D eigenvalue weighted by Crippen LogP contribution is -2.35. The Balaban J connectivity index is 1.25. The topological polar surface area (TPSA) is 32.3 Å². The first-order chi connectivity index (χ1) is 15.8. The molecule has 1 N–H and O–H groups in total. The van der Waals surface area contributed by atoms with Crippen LogP contribution in [0.15, 0.2) is 103 Å². The molecule has 4 aromatic rings. The number of nitrogens with one attached hydrogen (secondary N) is 1. The van der Waals surface area contributed by atoms with E-state index in [0.717, 1.165) is 42.9 Å². The van der Waals surface area contributed by atoms with E-state index in [0.29, 0.717) is 5.56 Å². The fourth-order valence-corrected chi connectivity index (χ4v) is 4.30. The van der Waals surface area contributed by atoms with Crippen molar-refractivity contribution in [2.24, 2.45) is 0 Å². The first-order valence-electron chi connectivity index (χ1n) is 11.2. The van der Waals surface area contributed by atoms with Crippen LogP contribution in [0, 0.1) is 0 Å². The highest BCUT2D eigenvalue weighted by atomic mass is 16.2. The van der Waals surface area contributed by atoms with Crippen LogP contribution >= 0.6 is 0 Å². The summed E-state index contributed by atoms with van der Waals surface area (Å²) >= 11 is 0. The lowest BCUT2D eigenvalue weighted by Gasteiger charge is -2.29. The number of rotatable bonds is 5. The number of aryl methyl sites for hydroxylation is 1. The number of fused-ring (bicyclic) bond motifs is 1. The summed E-state index contributed by atoms with van der Waals surface area (Å²) in [4.78, 5) is 15.0. The molecule has 0 bridgehead atoms. The molecule has 4 aromatic carbocycles. The molecule has 0 radical (unpaired) electrons. The van der Waals surface area contributed by atoms with Gasteiger partial charge in [-0.05, 0) is 78.4 Å². The quantitative estimate of drug-likeness (QED) is 0.395. The Hall–Kier alpha value is -3.85. The molecule has 0 spiro atoms. The molecule has 0 saturated heterocycles. The summed E-state index contributed by atoms with van der Waals surface area (Å²) in [5, 5.41) is 3.43. The molecule has 0 fully saturated rings. The maximum absolute atomic E-state index is 13.1. The normalized spacial score (nSPS) is 12.8. The van der Waals surface area contributed by atoms with Crippen molar-refractivity contribution in [2.75, 3.05) is 16.8 Å². The second-order valence-electron chi connectivity index (χ2n) is 8.25. The molecule has 32 heavy (non-hydrogen) atoms. The van der Waals surface area contributed by atoms with E-state index >= 15 is 0 Å². The van der Waals surface area contributed by atoms with Gasteiger partial charge in [-0.3, -0.25) is 4.79 Å². The van der Waals surface area contributed by atoms with Crippen LogP contribution in [0.4, 0.5) is 17.1 Å². The van der Waals surface area contributed by atoms with Gasteiger partial charge in [-0.25, -0.2) is 0 Å². The number of benzene rings is 4. The first-order valence-corrected chi connectivity index (χ1v) is 11.2. The van der Waals surface area contributed by atoms with E-state index < -0.39 is 0 Å². The lowest BCUT2D eigenvalue weighted by molar-refractivity contribution is 0.0985. The molecule has 158 valence electrons. The Morgan fingerprint density at radius 3 is 2.09 bits per heavy atom. The molecule has 1 amide bonds. The predicted octanol–water partition coefficient (Wildman–Crippen LogP) is 6.61. The highest BCUT2D eigenvalue weighted by Gasteiger charge is 2.23. The Morgan fingerprint density at radius 2 is 1.34 bits per heavy atom. The van der Waals surface area contributed by atoms with E-state index in [9.17, 15) is 4.79 Å². The second-order valence-corrected chi connectivity index (χ2v) is 8.25. The van der Waals surface area contributed by atoms with Crippen LogP contribution < -0.4 is 10.2 Å². The van der Waals surface area contributed by atoms with Gasteiger partial charge in [0.1, 0.15) is 0 Å². The van der Waals surface area contributed by atoms with Gasteiger partial charge in [0.05, 0.1) is 0 Å². The van der Waals surface area contributed by atoms with Gasteiger partial charge in [-0.2, -0.15) is 0 Å². The van der Waals surface area contributed by atoms with Gasteiger partial charge >= 0.3 is 0 Å². The maximum Gasteiger partial charge on any atom is 0.258 e. The summed E-state index contributed by atoms with van der Waals surface area (Å²) < 4.78 is 0. The summed E-state index contributed by atoms with van der Waals surface area (Å²) in [6.07, 6.45) is 2.97. The second kappa shape index (κ2) is 9.11. The van der Waals surface area contributed by atoms with Gasteiger partial charge in [-0.1, -0.05) is 60.7 Å². The molecule has 3 heteroatoms. The van der Waals surface area contributed by atoms with E-state index in [1.54, 1.807) is 0 Å². The van der Waals surface area contributed by atoms with Gasteiger partial charge in [0.2, 0.25) is 0 Å². The molecule has 0 aromatic heterocycles. The van der Waals surface area contributed by atoms with Crippen molar-refractivity contribution in [3.8, 4) is 0 Å². The summed E-state index contributed by atoms with van der Waals surface area (Å²) in [7, 11) is 0. The number of carbonyl (C=O) groups excluding carboxylic acids is 1. The molecule has 0 saturated carbocycles. The van der Waals surface area contributed by atoms with E-state index in [1.165, 1.54) is 16.7 Å². The molecule has 0 atom stereocenters. The average Bonchev–Trinajstić information content (AvgIpc) is 2.86. The predicted molar refractivity (Wildman–Crippen MR) is 132 cm³/mol. The highest BCUT2D eigenvalue weighted by Crippen LogP contribution is 2.28. The minimum atomic E-state index is 0.0639. The zero-order valence-electron chi connectivity index (χ0n) is 18.0. The third kappa shape index (κ3) is 4.42. The molecule has 0 unspecified atom stereocenters. The van der Waals surface area contributed by atoms with Crippen molar-refractivity contribution >= 4 is 23.0 Å². The van der Waals surface area contributed by atoms with Gasteiger partial charge in [-0.15, -0.1) is 0 Å².